The molecule has 15 aromatic rings. The Kier molecular flexibility index (Phi) is 16.6. The first-order chi connectivity index (χ1) is 46.6. The summed E-state index contributed by atoms with van der Waals surface area (Å²) < 4.78 is 0. The summed E-state index contributed by atoms with van der Waals surface area (Å²) in [6.07, 6.45) is 0. The molecule has 0 saturated carbocycles. The highest BCUT2D eigenvalue weighted by atomic mass is 15.2. The molecule has 0 fully saturated rings. The van der Waals surface area contributed by atoms with E-state index in [0.717, 1.165) is 79.4 Å². The highest BCUT2D eigenvalue weighted by Gasteiger charge is 2.18. The van der Waals surface area contributed by atoms with E-state index in [1.54, 1.807) is 0 Å². The molecule has 0 spiro atoms. The molecule has 0 heterocycles. The Morgan fingerprint density at radius 2 is 0.170 bits per heavy atom. The van der Waals surface area contributed by atoms with Crippen molar-refractivity contribution in [2.24, 2.45) is 0 Å². The van der Waals surface area contributed by atoms with Crippen LogP contribution in [-0.2, 0) is 0 Å². The second-order valence-corrected chi connectivity index (χ2v) is 23.4. The Morgan fingerprint density at radius 3 is 0.277 bits per heavy atom. The fourth-order valence-corrected chi connectivity index (χ4v) is 12.6. The average molecular weight is 1200 g/mol. The van der Waals surface area contributed by atoms with Crippen molar-refractivity contribution in [3.05, 3.63) is 400 Å². The van der Waals surface area contributed by atoms with Crippen molar-refractivity contribution in [3.8, 4) is 66.8 Å². The first kappa shape index (κ1) is 57.9. The largest absolute Gasteiger partial charge is 0.311 e. The third-order valence-electron chi connectivity index (χ3n) is 17.5. The first-order valence-corrected chi connectivity index (χ1v) is 32.0. The maximum Gasteiger partial charge on any atom is 0.0462 e. The van der Waals surface area contributed by atoms with E-state index in [4.69, 9.17) is 0 Å². The molecule has 0 aliphatic carbocycles. The van der Waals surface area contributed by atoms with Crippen molar-refractivity contribution in [1.82, 2.24) is 0 Å². The third kappa shape index (κ3) is 12.6. The monoisotopic (exact) mass is 1200 g/mol. The molecule has 15 aromatic carbocycles. The maximum atomic E-state index is 2.32. The number of benzene rings is 15. The van der Waals surface area contributed by atoms with Crippen LogP contribution in [0.5, 0.6) is 0 Å². The van der Waals surface area contributed by atoms with Gasteiger partial charge in [-0.2, -0.15) is 0 Å². The Hall–Kier alpha value is -12.5. The van der Waals surface area contributed by atoms with Crippen LogP contribution in [0.4, 0.5) is 68.2 Å². The van der Waals surface area contributed by atoms with Crippen LogP contribution in [0.25, 0.3) is 66.8 Å². The lowest BCUT2D eigenvalue weighted by Crippen LogP contribution is -2.09. The van der Waals surface area contributed by atoms with Crippen LogP contribution in [0.1, 0.15) is 0 Å². The van der Waals surface area contributed by atoms with Gasteiger partial charge in [-0.05, 0) is 212 Å². The molecule has 4 nitrogen and oxygen atoms in total. The minimum Gasteiger partial charge on any atom is -0.311 e. The highest BCUT2D eigenvalue weighted by Crippen LogP contribution is 2.42. The van der Waals surface area contributed by atoms with Crippen LogP contribution in [0.3, 0.4) is 0 Å². The summed E-state index contributed by atoms with van der Waals surface area (Å²) in [5.74, 6) is 0. The fraction of sp³-hybridized carbons (Fsp3) is 0. The van der Waals surface area contributed by atoms with Crippen molar-refractivity contribution >= 4 is 68.2 Å². The molecule has 446 valence electrons. The van der Waals surface area contributed by atoms with Crippen molar-refractivity contribution in [2.45, 2.75) is 0 Å². The zero-order valence-corrected chi connectivity index (χ0v) is 51.9. The molecular formula is C90H66N4. The van der Waals surface area contributed by atoms with E-state index in [1.165, 1.54) is 55.6 Å². The van der Waals surface area contributed by atoms with Crippen LogP contribution < -0.4 is 19.6 Å². The summed E-state index contributed by atoms with van der Waals surface area (Å²) in [5.41, 5.74) is 27.3. The zero-order valence-electron chi connectivity index (χ0n) is 51.9. The lowest BCUT2D eigenvalue weighted by molar-refractivity contribution is 1.28. The summed E-state index contributed by atoms with van der Waals surface area (Å²) in [6.45, 7) is 0. The van der Waals surface area contributed by atoms with Gasteiger partial charge in [-0.3, -0.25) is 0 Å². The van der Waals surface area contributed by atoms with Crippen LogP contribution >= 0.6 is 0 Å². The number of anilines is 12. The number of para-hydroxylation sites is 6. The molecule has 0 unspecified atom stereocenters. The molecule has 0 saturated heterocycles. The molecule has 94 heavy (non-hydrogen) atoms. The standard InChI is InChI=1S/C90H66N4/c1-7-19-79(20-8-1)91(80-21-9-2-10-22-80)85-55-43-73(44-56-85)67-31-35-69(36-32-67)75-47-59-87(60-48-75)93(83-27-15-5-16-28-83)89-63-51-77(52-64-89)71-39-41-72(42-40-71)78-53-65-90(66-54-78)94(84-29-17-6-18-30-84)88-61-49-76(50-62-88)70-37-33-68(34-38-70)74-45-57-86(58-46-74)92(81-23-11-3-12-24-81)82-25-13-4-14-26-82/h1-66H. The van der Waals surface area contributed by atoms with E-state index in [9.17, 15) is 0 Å². The summed E-state index contributed by atoms with van der Waals surface area (Å²) >= 11 is 0. The summed E-state index contributed by atoms with van der Waals surface area (Å²) in [5, 5.41) is 0. The number of nitrogens with zero attached hydrogens (tertiary/aromatic N) is 4. The Balaban J connectivity index is 0.607. The van der Waals surface area contributed by atoms with Gasteiger partial charge in [0, 0.05) is 68.2 Å². The molecule has 15 rings (SSSR count). The van der Waals surface area contributed by atoms with E-state index in [0.29, 0.717) is 0 Å². The van der Waals surface area contributed by atoms with Crippen molar-refractivity contribution < 1.29 is 0 Å². The van der Waals surface area contributed by atoms with Gasteiger partial charge in [0.1, 0.15) is 0 Å². The maximum absolute atomic E-state index is 2.32. The predicted molar refractivity (Wildman–Crippen MR) is 398 cm³/mol. The molecule has 0 atom stereocenters. The van der Waals surface area contributed by atoms with Gasteiger partial charge in [0.15, 0.2) is 0 Å². The van der Waals surface area contributed by atoms with Gasteiger partial charge in [0.05, 0.1) is 0 Å². The highest BCUT2D eigenvalue weighted by molar-refractivity contribution is 5.85. The first-order valence-electron chi connectivity index (χ1n) is 32.0. The summed E-state index contributed by atoms with van der Waals surface area (Å²) in [6, 6.07) is 143. The van der Waals surface area contributed by atoms with Gasteiger partial charge in [0.25, 0.3) is 0 Å². The summed E-state index contributed by atoms with van der Waals surface area (Å²) in [7, 11) is 0. The predicted octanol–water partition coefficient (Wildman–Crippen LogP) is 25.6. The minimum atomic E-state index is 1.09. The molecule has 0 aromatic heterocycles. The van der Waals surface area contributed by atoms with E-state index >= 15 is 0 Å². The minimum absolute atomic E-state index is 1.09. The Bertz CT molecular complexity index is 4480. The number of hydrogen-bond acceptors (Lipinski definition) is 4. The lowest BCUT2D eigenvalue weighted by atomic mass is 9.99. The average Bonchev–Trinajstić information content (AvgIpc) is 1.18. The Labute approximate surface area is 551 Å². The van der Waals surface area contributed by atoms with E-state index in [-0.39, 0.29) is 0 Å². The van der Waals surface area contributed by atoms with Gasteiger partial charge in [-0.25, -0.2) is 0 Å². The second-order valence-electron chi connectivity index (χ2n) is 23.4. The number of rotatable bonds is 18. The molecule has 0 aliphatic heterocycles. The molecular weight excluding hydrogens is 1140 g/mol. The van der Waals surface area contributed by atoms with E-state index < -0.39 is 0 Å². The van der Waals surface area contributed by atoms with Crippen molar-refractivity contribution in [2.75, 3.05) is 19.6 Å². The van der Waals surface area contributed by atoms with Gasteiger partial charge >= 0.3 is 0 Å². The normalized spacial score (nSPS) is 11.0. The molecule has 0 aliphatic rings. The number of hydrogen-bond donors (Lipinski definition) is 0. The Morgan fingerprint density at radius 1 is 0.0851 bits per heavy atom. The molecule has 0 amide bonds. The van der Waals surface area contributed by atoms with Crippen LogP contribution in [0.15, 0.2) is 400 Å². The van der Waals surface area contributed by atoms with Crippen LogP contribution in [-0.4, -0.2) is 0 Å². The third-order valence-corrected chi connectivity index (χ3v) is 17.5. The van der Waals surface area contributed by atoms with Gasteiger partial charge in [0.2, 0.25) is 0 Å². The van der Waals surface area contributed by atoms with Crippen LogP contribution in [0, 0.1) is 0 Å². The zero-order chi connectivity index (χ0) is 62.8. The second kappa shape index (κ2) is 26.9. The van der Waals surface area contributed by atoms with E-state index in [2.05, 4.69) is 420 Å². The topological polar surface area (TPSA) is 13.0 Å². The van der Waals surface area contributed by atoms with Crippen LogP contribution in [0.2, 0.25) is 0 Å². The van der Waals surface area contributed by atoms with Crippen molar-refractivity contribution in [3.63, 3.8) is 0 Å². The van der Waals surface area contributed by atoms with Crippen molar-refractivity contribution in [1.29, 1.82) is 0 Å². The quantitative estimate of drug-likeness (QED) is 0.0849. The SMILES string of the molecule is c1ccc(N(c2ccccc2)c2ccc(-c3ccc(-c4ccc(N(c5ccccc5)c5ccc(-c6ccc(-c7ccc(N(c8ccccc8)c8ccc(-c9ccc(-c%10ccc(N(c%11ccccc%11)c%11ccccc%11)cc%10)cc9)cc8)cc7)cc6)cc5)cc4)cc3)cc2)cc1. The summed E-state index contributed by atoms with van der Waals surface area (Å²) in [4.78, 5) is 9.23. The molecule has 0 radical (unpaired) electrons. The van der Waals surface area contributed by atoms with E-state index in [1.807, 2.05) is 0 Å². The van der Waals surface area contributed by atoms with Gasteiger partial charge in [-0.1, -0.05) is 255 Å². The van der Waals surface area contributed by atoms with Gasteiger partial charge < -0.3 is 19.6 Å². The molecule has 0 N–H and O–H groups in total. The lowest BCUT2D eigenvalue weighted by Gasteiger charge is -2.26. The van der Waals surface area contributed by atoms with Gasteiger partial charge in [-0.15, -0.1) is 0 Å². The molecule has 0 bridgehead atoms. The molecule has 4 heteroatoms. The fourth-order valence-electron chi connectivity index (χ4n) is 12.6. The smallest absolute Gasteiger partial charge is 0.0462 e.